The van der Waals surface area contributed by atoms with E-state index in [9.17, 15) is 4.79 Å². The molecule has 4 heteroatoms. The zero-order valence-electron chi connectivity index (χ0n) is 13.4. The molecule has 0 bridgehead atoms. The number of anilines is 1. The lowest BCUT2D eigenvalue weighted by Gasteiger charge is -2.08. The van der Waals surface area contributed by atoms with Crippen LogP contribution in [0.5, 0.6) is 0 Å². The van der Waals surface area contributed by atoms with Crippen molar-refractivity contribution in [3.05, 3.63) is 70.2 Å². The molecule has 0 unspecified atom stereocenters. The Morgan fingerprint density at radius 3 is 2.52 bits per heavy atom. The van der Waals surface area contributed by atoms with Crippen molar-refractivity contribution in [1.82, 2.24) is 4.98 Å². The summed E-state index contributed by atoms with van der Waals surface area (Å²) in [5.41, 5.74) is 4.82. The van der Waals surface area contributed by atoms with Crippen molar-refractivity contribution in [2.75, 3.05) is 5.32 Å². The highest BCUT2D eigenvalue weighted by Crippen LogP contribution is 2.28. The Balaban J connectivity index is 1.88. The number of aryl methyl sites for hydroxylation is 3. The zero-order valence-corrected chi connectivity index (χ0v) is 14.2. The summed E-state index contributed by atoms with van der Waals surface area (Å²) in [6.07, 6.45) is 0. The fraction of sp³-hybridized carbons (Fsp3) is 0.158. The summed E-state index contributed by atoms with van der Waals surface area (Å²) in [7, 11) is 0. The van der Waals surface area contributed by atoms with E-state index in [1.807, 2.05) is 69.3 Å². The van der Waals surface area contributed by atoms with Crippen LogP contribution >= 0.6 is 11.3 Å². The highest BCUT2D eigenvalue weighted by atomic mass is 32.1. The van der Waals surface area contributed by atoms with Crippen LogP contribution in [-0.4, -0.2) is 10.9 Å². The second-order valence-electron chi connectivity index (χ2n) is 5.57. The van der Waals surface area contributed by atoms with Gasteiger partial charge in [0.2, 0.25) is 0 Å². The number of hydrogen-bond acceptors (Lipinski definition) is 3. The highest BCUT2D eigenvalue weighted by molar-refractivity contribution is 7.17. The number of rotatable bonds is 3. The minimum atomic E-state index is -0.101. The lowest BCUT2D eigenvalue weighted by atomic mass is 10.1. The van der Waals surface area contributed by atoms with Crippen LogP contribution in [0.2, 0.25) is 0 Å². The Labute approximate surface area is 140 Å². The molecule has 0 aliphatic carbocycles. The molecular weight excluding hydrogens is 304 g/mol. The Morgan fingerprint density at radius 2 is 1.78 bits per heavy atom. The minimum absolute atomic E-state index is 0.101. The van der Waals surface area contributed by atoms with Gasteiger partial charge in [0.15, 0.2) is 0 Å². The molecule has 2 aromatic carbocycles. The van der Waals surface area contributed by atoms with Gasteiger partial charge in [0.25, 0.3) is 5.91 Å². The number of carbonyl (C=O) groups is 1. The van der Waals surface area contributed by atoms with Gasteiger partial charge in [-0.05, 0) is 38.0 Å². The second-order valence-corrected chi connectivity index (χ2v) is 6.57. The summed E-state index contributed by atoms with van der Waals surface area (Å²) < 4.78 is 0. The Hall–Kier alpha value is -2.46. The normalized spacial score (nSPS) is 10.6. The molecule has 1 heterocycles. The molecule has 0 saturated carbocycles. The van der Waals surface area contributed by atoms with Crippen molar-refractivity contribution in [3.63, 3.8) is 0 Å². The van der Waals surface area contributed by atoms with Crippen molar-refractivity contribution < 1.29 is 4.79 Å². The van der Waals surface area contributed by atoms with Crippen molar-refractivity contribution in [2.45, 2.75) is 20.8 Å². The van der Waals surface area contributed by atoms with Gasteiger partial charge in [-0.1, -0.05) is 42.5 Å². The third-order valence-electron chi connectivity index (χ3n) is 3.66. The van der Waals surface area contributed by atoms with Gasteiger partial charge in [-0.2, -0.15) is 0 Å². The molecule has 3 rings (SSSR count). The first-order valence-corrected chi connectivity index (χ1v) is 8.27. The van der Waals surface area contributed by atoms with Crippen LogP contribution in [0.4, 0.5) is 5.69 Å². The minimum Gasteiger partial charge on any atom is -0.321 e. The van der Waals surface area contributed by atoms with Crippen LogP contribution in [0.1, 0.15) is 26.5 Å². The van der Waals surface area contributed by atoms with Gasteiger partial charge in [0.05, 0.1) is 5.69 Å². The quantitative estimate of drug-likeness (QED) is 0.738. The Kier molecular flexibility index (Phi) is 4.26. The standard InChI is InChI=1S/C19H18N2OS/c1-12-9-10-13(2)16(11-12)21-18(22)17-14(3)20-19(23-17)15-7-5-4-6-8-15/h4-11H,1-3H3,(H,21,22). The van der Waals surface area contributed by atoms with E-state index in [0.29, 0.717) is 4.88 Å². The summed E-state index contributed by atoms with van der Waals surface area (Å²) in [5, 5.41) is 3.87. The molecular formula is C19H18N2OS. The van der Waals surface area contributed by atoms with E-state index in [0.717, 1.165) is 33.1 Å². The average molecular weight is 322 g/mol. The number of nitrogens with one attached hydrogen (secondary N) is 1. The highest BCUT2D eigenvalue weighted by Gasteiger charge is 2.17. The maximum atomic E-state index is 12.6. The molecule has 3 aromatic rings. The predicted molar refractivity (Wildman–Crippen MR) is 96.2 cm³/mol. The van der Waals surface area contributed by atoms with Gasteiger partial charge < -0.3 is 5.32 Å². The summed E-state index contributed by atoms with van der Waals surface area (Å²) in [4.78, 5) is 17.8. The number of carbonyl (C=O) groups excluding carboxylic acids is 1. The van der Waals surface area contributed by atoms with Crippen molar-refractivity contribution in [3.8, 4) is 10.6 Å². The maximum Gasteiger partial charge on any atom is 0.267 e. The molecule has 0 aliphatic rings. The van der Waals surface area contributed by atoms with Gasteiger partial charge in [-0.25, -0.2) is 4.98 Å². The summed E-state index contributed by atoms with van der Waals surface area (Å²) in [6.45, 7) is 5.88. The first-order chi connectivity index (χ1) is 11.0. The van der Waals surface area contributed by atoms with Gasteiger partial charge in [0, 0.05) is 11.3 Å². The molecule has 1 N–H and O–H groups in total. The molecule has 1 amide bonds. The van der Waals surface area contributed by atoms with Gasteiger partial charge in [-0.15, -0.1) is 11.3 Å². The van der Waals surface area contributed by atoms with Crippen LogP contribution in [0, 0.1) is 20.8 Å². The lowest BCUT2D eigenvalue weighted by Crippen LogP contribution is -2.12. The molecule has 116 valence electrons. The first kappa shape index (κ1) is 15.4. The predicted octanol–water partition coefficient (Wildman–Crippen LogP) is 4.99. The maximum absolute atomic E-state index is 12.6. The molecule has 0 radical (unpaired) electrons. The summed E-state index contributed by atoms with van der Waals surface area (Å²) in [6, 6.07) is 16.0. The number of amides is 1. The molecule has 0 spiro atoms. The van der Waals surface area contributed by atoms with Crippen molar-refractivity contribution in [2.24, 2.45) is 0 Å². The molecule has 0 fully saturated rings. The first-order valence-electron chi connectivity index (χ1n) is 7.46. The van der Waals surface area contributed by atoms with Gasteiger partial charge >= 0.3 is 0 Å². The Morgan fingerprint density at radius 1 is 1.04 bits per heavy atom. The molecule has 1 aromatic heterocycles. The second kappa shape index (κ2) is 6.34. The third kappa shape index (κ3) is 3.32. The topological polar surface area (TPSA) is 42.0 Å². The van der Waals surface area contributed by atoms with E-state index in [1.54, 1.807) is 0 Å². The largest absolute Gasteiger partial charge is 0.321 e. The van der Waals surface area contributed by atoms with E-state index in [-0.39, 0.29) is 5.91 Å². The third-order valence-corrected chi connectivity index (χ3v) is 4.87. The van der Waals surface area contributed by atoms with E-state index in [2.05, 4.69) is 10.3 Å². The van der Waals surface area contributed by atoms with Crippen molar-refractivity contribution >= 4 is 22.9 Å². The lowest BCUT2D eigenvalue weighted by molar-refractivity contribution is 0.102. The van der Waals surface area contributed by atoms with Crippen molar-refractivity contribution in [1.29, 1.82) is 0 Å². The van der Waals surface area contributed by atoms with Crippen LogP contribution in [-0.2, 0) is 0 Å². The average Bonchev–Trinajstić information content (AvgIpc) is 2.94. The van der Waals surface area contributed by atoms with E-state index >= 15 is 0 Å². The van der Waals surface area contributed by atoms with Gasteiger partial charge in [0.1, 0.15) is 9.88 Å². The number of hydrogen-bond donors (Lipinski definition) is 1. The SMILES string of the molecule is Cc1ccc(C)c(NC(=O)c2sc(-c3ccccc3)nc2C)c1. The number of benzene rings is 2. The molecule has 0 saturated heterocycles. The van der Waals surface area contributed by atoms with Crippen LogP contribution in [0.15, 0.2) is 48.5 Å². The number of thiazole rings is 1. The van der Waals surface area contributed by atoms with E-state index in [4.69, 9.17) is 0 Å². The van der Waals surface area contributed by atoms with Crippen LogP contribution < -0.4 is 5.32 Å². The fourth-order valence-corrected chi connectivity index (χ4v) is 3.33. The molecule has 0 aliphatic heterocycles. The zero-order chi connectivity index (χ0) is 16.4. The Bertz CT molecular complexity index is 853. The van der Waals surface area contributed by atoms with Crippen LogP contribution in [0.3, 0.4) is 0 Å². The van der Waals surface area contributed by atoms with Crippen LogP contribution in [0.25, 0.3) is 10.6 Å². The van der Waals surface area contributed by atoms with Gasteiger partial charge in [-0.3, -0.25) is 4.79 Å². The summed E-state index contributed by atoms with van der Waals surface area (Å²) in [5.74, 6) is -0.101. The molecule has 0 atom stereocenters. The van der Waals surface area contributed by atoms with E-state index < -0.39 is 0 Å². The number of aromatic nitrogens is 1. The number of nitrogens with zero attached hydrogens (tertiary/aromatic N) is 1. The monoisotopic (exact) mass is 322 g/mol. The van der Waals surface area contributed by atoms with E-state index in [1.165, 1.54) is 11.3 Å². The molecule has 3 nitrogen and oxygen atoms in total. The summed E-state index contributed by atoms with van der Waals surface area (Å²) >= 11 is 1.43. The fourth-order valence-electron chi connectivity index (χ4n) is 2.36. The molecule has 23 heavy (non-hydrogen) atoms. The smallest absolute Gasteiger partial charge is 0.267 e.